The average molecular weight is 392 g/mol. The van der Waals surface area contributed by atoms with Crippen LogP contribution in [0.1, 0.15) is 18.1 Å². The number of hydrogen-bond donors (Lipinski definition) is 0. The van der Waals surface area contributed by atoms with Gasteiger partial charge in [0.2, 0.25) is 0 Å². The van der Waals surface area contributed by atoms with E-state index in [9.17, 15) is 23.3 Å². The normalized spacial score (nSPS) is 11.1. The zero-order valence-corrected chi connectivity index (χ0v) is 16.0. The van der Waals surface area contributed by atoms with Crippen LogP contribution in [0, 0.1) is 24.0 Å². The Bertz CT molecular complexity index is 972. The highest BCUT2D eigenvalue weighted by molar-refractivity contribution is 7.92. The first-order valence-corrected chi connectivity index (χ1v) is 9.61. The maximum Gasteiger partial charge on any atom is 0.326 e. The summed E-state index contributed by atoms with van der Waals surface area (Å²) in [5, 5.41) is 11.0. The predicted octanol–water partition coefficient (Wildman–Crippen LogP) is 2.97. The molecule has 2 aromatic carbocycles. The van der Waals surface area contributed by atoms with Crippen LogP contribution in [0.2, 0.25) is 0 Å². The lowest BCUT2D eigenvalue weighted by atomic mass is 10.1. The fraction of sp³-hybridized carbons (Fsp3) is 0.278. The summed E-state index contributed by atoms with van der Waals surface area (Å²) >= 11 is 0. The fourth-order valence-electron chi connectivity index (χ4n) is 2.59. The monoisotopic (exact) mass is 392 g/mol. The van der Waals surface area contributed by atoms with E-state index >= 15 is 0 Å². The van der Waals surface area contributed by atoms with Crippen molar-refractivity contribution in [1.29, 1.82) is 0 Å². The van der Waals surface area contributed by atoms with Gasteiger partial charge in [-0.05, 0) is 38.5 Å². The molecule has 8 nitrogen and oxygen atoms in total. The smallest absolute Gasteiger partial charge is 0.326 e. The number of nitro benzene ring substituents is 1. The number of non-ortho nitro benzene ring substituents is 1. The minimum absolute atomic E-state index is 0.108. The van der Waals surface area contributed by atoms with Crippen LogP contribution in [0.3, 0.4) is 0 Å². The van der Waals surface area contributed by atoms with Gasteiger partial charge < -0.3 is 4.74 Å². The summed E-state index contributed by atoms with van der Waals surface area (Å²) in [6.07, 6.45) is 0. The van der Waals surface area contributed by atoms with E-state index < -0.39 is 27.5 Å². The SMILES string of the molecule is CCOC(=O)CN(c1ccc(C)cc1C)S(=O)(=O)c1cccc([N+](=O)[O-])c1. The molecular formula is C18H20N2O6S. The van der Waals surface area contributed by atoms with Gasteiger partial charge in [-0.25, -0.2) is 8.42 Å². The van der Waals surface area contributed by atoms with Crippen molar-refractivity contribution in [3.8, 4) is 0 Å². The number of nitrogens with zero attached hydrogens (tertiary/aromatic N) is 2. The second kappa shape index (κ2) is 8.17. The van der Waals surface area contributed by atoms with E-state index in [0.29, 0.717) is 11.3 Å². The van der Waals surface area contributed by atoms with Gasteiger partial charge >= 0.3 is 5.97 Å². The Balaban J connectivity index is 2.59. The molecule has 0 aliphatic rings. The highest BCUT2D eigenvalue weighted by Crippen LogP contribution is 2.29. The molecule has 2 aromatic rings. The molecule has 0 heterocycles. The van der Waals surface area contributed by atoms with E-state index in [1.165, 1.54) is 18.2 Å². The first kappa shape index (κ1) is 20.4. The molecule has 144 valence electrons. The number of carbonyl (C=O) groups excluding carboxylic acids is 1. The molecule has 0 aliphatic carbocycles. The third kappa shape index (κ3) is 4.62. The number of esters is 1. The molecule has 0 spiro atoms. The number of aryl methyl sites for hydroxylation is 2. The lowest BCUT2D eigenvalue weighted by Gasteiger charge is -2.25. The minimum atomic E-state index is -4.23. The van der Waals surface area contributed by atoms with Crippen LogP contribution in [0.5, 0.6) is 0 Å². The van der Waals surface area contributed by atoms with Crippen molar-refractivity contribution < 1.29 is 22.9 Å². The average Bonchev–Trinajstić information content (AvgIpc) is 2.60. The summed E-state index contributed by atoms with van der Waals surface area (Å²) in [6.45, 7) is 4.78. The van der Waals surface area contributed by atoms with Gasteiger partial charge in [-0.1, -0.05) is 23.8 Å². The van der Waals surface area contributed by atoms with Gasteiger partial charge in [0.05, 0.1) is 22.1 Å². The lowest BCUT2D eigenvalue weighted by Crippen LogP contribution is -2.37. The number of sulfonamides is 1. The first-order valence-electron chi connectivity index (χ1n) is 8.17. The predicted molar refractivity (Wildman–Crippen MR) is 100 cm³/mol. The fourth-order valence-corrected chi connectivity index (χ4v) is 4.11. The number of carbonyl (C=O) groups is 1. The van der Waals surface area contributed by atoms with E-state index in [4.69, 9.17) is 4.74 Å². The van der Waals surface area contributed by atoms with Crippen LogP contribution in [0.15, 0.2) is 47.4 Å². The summed E-state index contributed by atoms with van der Waals surface area (Å²) < 4.78 is 32.2. The molecule has 0 fully saturated rings. The van der Waals surface area contributed by atoms with Crippen molar-refractivity contribution in [1.82, 2.24) is 0 Å². The van der Waals surface area contributed by atoms with Crippen molar-refractivity contribution in [2.24, 2.45) is 0 Å². The van der Waals surface area contributed by atoms with Gasteiger partial charge in [-0.2, -0.15) is 0 Å². The highest BCUT2D eigenvalue weighted by atomic mass is 32.2. The van der Waals surface area contributed by atoms with Crippen molar-refractivity contribution in [3.05, 3.63) is 63.7 Å². The van der Waals surface area contributed by atoms with Crippen LogP contribution >= 0.6 is 0 Å². The molecule has 0 aromatic heterocycles. The zero-order chi connectivity index (χ0) is 20.2. The van der Waals surface area contributed by atoms with Crippen molar-refractivity contribution in [3.63, 3.8) is 0 Å². The van der Waals surface area contributed by atoms with Crippen molar-refractivity contribution in [2.45, 2.75) is 25.7 Å². The maximum atomic E-state index is 13.2. The minimum Gasteiger partial charge on any atom is -0.465 e. The Morgan fingerprint density at radius 3 is 2.48 bits per heavy atom. The molecule has 2 rings (SSSR count). The quantitative estimate of drug-likeness (QED) is 0.407. The third-order valence-electron chi connectivity index (χ3n) is 3.82. The molecular weight excluding hydrogens is 372 g/mol. The largest absolute Gasteiger partial charge is 0.465 e. The molecule has 9 heteroatoms. The highest BCUT2D eigenvalue weighted by Gasteiger charge is 2.30. The van der Waals surface area contributed by atoms with Gasteiger partial charge in [-0.15, -0.1) is 0 Å². The standard InChI is InChI=1S/C18H20N2O6S/c1-4-26-18(21)12-19(17-9-8-13(2)10-14(17)3)27(24,25)16-7-5-6-15(11-16)20(22)23/h5-11H,4,12H2,1-3H3. The second-order valence-electron chi connectivity index (χ2n) is 5.86. The third-order valence-corrected chi connectivity index (χ3v) is 5.57. The molecule has 0 N–H and O–H groups in total. The molecule has 0 unspecified atom stereocenters. The molecule has 0 atom stereocenters. The Morgan fingerprint density at radius 2 is 1.89 bits per heavy atom. The summed E-state index contributed by atoms with van der Waals surface area (Å²) in [5.41, 5.74) is 1.53. The van der Waals surface area contributed by atoms with E-state index in [1.807, 2.05) is 6.92 Å². The second-order valence-corrected chi connectivity index (χ2v) is 7.72. The van der Waals surface area contributed by atoms with E-state index in [0.717, 1.165) is 15.9 Å². The Kier molecular flexibility index (Phi) is 6.17. The van der Waals surface area contributed by atoms with Gasteiger partial charge in [0.15, 0.2) is 0 Å². The Morgan fingerprint density at radius 1 is 1.19 bits per heavy atom. The van der Waals surface area contributed by atoms with E-state index in [2.05, 4.69) is 0 Å². The number of anilines is 1. The topological polar surface area (TPSA) is 107 Å². The molecule has 0 bridgehead atoms. The summed E-state index contributed by atoms with van der Waals surface area (Å²) in [6, 6.07) is 9.82. The molecule has 0 saturated heterocycles. The van der Waals surface area contributed by atoms with E-state index in [1.54, 1.807) is 32.0 Å². The number of ether oxygens (including phenoxy) is 1. The van der Waals surface area contributed by atoms with Gasteiger partial charge in [0.1, 0.15) is 6.54 Å². The first-order chi connectivity index (χ1) is 12.7. The van der Waals surface area contributed by atoms with Crippen LogP contribution < -0.4 is 4.31 Å². The van der Waals surface area contributed by atoms with Gasteiger partial charge in [-0.3, -0.25) is 19.2 Å². The Hall–Kier alpha value is -2.94. The lowest BCUT2D eigenvalue weighted by molar-refractivity contribution is -0.385. The van der Waals surface area contributed by atoms with Crippen molar-refractivity contribution in [2.75, 3.05) is 17.5 Å². The summed E-state index contributed by atoms with van der Waals surface area (Å²) in [5.74, 6) is -0.716. The number of rotatable bonds is 7. The Labute approximate surface area is 157 Å². The maximum absolute atomic E-state index is 13.2. The zero-order valence-electron chi connectivity index (χ0n) is 15.2. The molecule has 0 saturated carbocycles. The number of benzene rings is 2. The molecule has 27 heavy (non-hydrogen) atoms. The van der Waals surface area contributed by atoms with Crippen LogP contribution in [0.25, 0.3) is 0 Å². The number of hydrogen-bond acceptors (Lipinski definition) is 6. The van der Waals surface area contributed by atoms with E-state index in [-0.39, 0.29) is 17.2 Å². The number of nitro groups is 1. The summed E-state index contributed by atoms with van der Waals surface area (Å²) in [4.78, 5) is 22.1. The molecule has 0 radical (unpaired) electrons. The summed E-state index contributed by atoms with van der Waals surface area (Å²) in [7, 11) is -4.23. The molecule has 0 aliphatic heterocycles. The molecule has 0 amide bonds. The van der Waals surface area contributed by atoms with Crippen LogP contribution in [0.4, 0.5) is 11.4 Å². The van der Waals surface area contributed by atoms with Gasteiger partial charge in [0, 0.05) is 12.1 Å². The van der Waals surface area contributed by atoms with Crippen LogP contribution in [-0.2, 0) is 19.6 Å². The van der Waals surface area contributed by atoms with Crippen molar-refractivity contribution >= 4 is 27.4 Å². The van der Waals surface area contributed by atoms with Gasteiger partial charge in [0.25, 0.3) is 15.7 Å². The van der Waals surface area contributed by atoms with Crippen LogP contribution in [-0.4, -0.2) is 32.5 Å².